The molecule has 0 spiro atoms. The first-order chi connectivity index (χ1) is 8.98. The molecule has 0 radical (unpaired) electrons. The summed E-state index contributed by atoms with van der Waals surface area (Å²) < 4.78 is 42.2. The van der Waals surface area contributed by atoms with Crippen LogP contribution in [0.1, 0.15) is 37.8 Å². The molecule has 1 unspecified atom stereocenters. The molecule has 1 N–H and O–H groups in total. The van der Waals surface area contributed by atoms with Crippen molar-refractivity contribution in [2.75, 3.05) is 13.7 Å². The Morgan fingerprint density at radius 3 is 2.74 bits per heavy atom. The first kappa shape index (κ1) is 15.8. The monoisotopic (exact) mass is 276 g/mol. The summed E-state index contributed by atoms with van der Waals surface area (Å²) in [6.07, 6.45) is -1.04. The molecule has 0 bridgehead atoms. The van der Waals surface area contributed by atoms with Gasteiger partial charge in [-0.25, -0.2) is 0 Å². The Bertz CT molecular complexity index is 382. The number of alkyl halides is 3. The van der Waals surface area contributed by atoms with Gasteiger partial charge in [0, 0.05) is 24.2 Å². The second-order valence-corrected chi connectivity index (χ2v) is 4.28. The lowest BCUT2D eigenvalue weighted by Crippen LogP contribution is -2.24. The molecule has 1 rings (SSSR count). The minimum absolute atomic E-state index is 0.0100. The first-order valence-corrected chi connectivity index (χ1v) is 6.26. The summed E-state index contributed by atoms with van der Waals surface area (Å²) in [5.74, 6) is 0.512. The van der Waals surface area contributed by atoms with Crippen LogP contribution < -0.4 is 10.1 Å². The van der Waals surface area contributed by atoms with E-state index in [2.05, 4.69) is 10.3 Å². The zero-order valence-corrected chi connectivity index (χ0v) is 11.1. The lowest BCUT2D eigenvalue weighted by Gasteiger charge is -2.21. The summed E-state index contributed by atoms with van der Waals surface area (Å²) in [6.45, 7) is 2.63. The molecule has 0 aliphatic carbocycles. The largest absolute Gasteiger partial charge is 0.495 e. The highest BCUT2D eigenvalue weighted by Gasteiger charge is 2.29. The van der Waals surface area contributed by atoms with Gasteiger partial charge < -0.3 is 10.1 Å². The zero-order valence-electron chi connectivity index (χ0n) is 11.1. The molecule has 0 fully saturated rings. The lowest BCUT2D eigenvalue weighted by molar-refractivity contribution is -0.136. The van der Waals surface area contributed by atoms with E-state index >= 15 is 0 Å². The highest BCUT2D eigenvalue weighted by molar-refractivity contribution is 5.32. The van der Waals surface area contributed by atoms with Crippen LogP contribution in [-0.4, -0.2) is 24.8 Å². The van der Waals surface area contributed by atoms with Gasteiger partial charge in [-0.3, -0.25) is 4.98 Å². The third-order valence-corrected chi connectivity index (χ3v) is 2.77. The molecular formula is C13H19F3N2O. The van der Waals surface area contributed by atoms with E-state index in [9.17, 15) is 13.2 Å². The maximum Gasteiger partial charge on any atom is 0.389 e. The fraction of sp³-hybridized carbons (Fsp3) is 0.615. The SMILES string of the molecule is CCCNC(CCC(F)(F)F)c1ccncc1OC. The second kappa shape index (κ2) is 7.33. The molecule has 19 heavy (non-hydrogen) atoms. The van der Waals surface area contributed by atoms with Crippen LogP contribution in [0.4, 0.5) is 13.2 Å². The van der Waals surface area contributed by atoms with Crippen molar-refractivity contribution in [2.45, 2.75) is 38.4 Å². The quantitative estimate of drug-likeness (QED) is 0.828. The standard InChI is InChI=1S/C13H19F3N2O/c1-3-7-18-11(4-6-13(14,15)16)10-5-8-17-9-12(10)19-2/h5,8-9,11,18H,3-4,6-7H2,1-2H3. The van der Waals surface area contributed by atoms with Crippen molar-refractivity contribution < 1.29 is 17.9 Å². The van der Waals surface area contributed by atoms with Crippen molar-refractivity contribution in [3.05, 3.63) is 24.0 Å². The molecule has 1 atom stereocenters. The smallest absolute Gasteiger partial charge is 0.389 e. The van der Waals surface area contributed by atoms with Crippen molar-refractivity contribution in [1.29, 1.82) is 0 Å². The molecule has 0 aliphatic rings. The number of halogens is 3. The molecule has 1 aromatic heterocycles. The van der Waals surface area contributed by atoms with Gasteiger partial charge in [0.15, 0.2) is 0 Å². The number of pyridine rings is 1. The molecule has 0 saturated carbocycles. The van der Waals surface area contributed by atoms with Crippen molar-refractivity contribution in [2.24, 2.45) is 0 Å². The Morgan fingerprint density at radius 2 is 2.16 bits per heavy atom. The fourth-order valence-corrected chi connectivity index (χ4v) is 1.84. The Hall–Kier alpha value is -1.30. The van der Waals surface area contributed by atoms with Gasteiger partial charge in [-0.05, 0) is 25.5 Å². The third kappa shape index (κ3) is 5.46. The number of hydrogen-bond donors (Lipinski definition) is 1. The minimum atomic E-state index is -4.15. The van der Waals surface area contributed by atoms with Gasteiger partial charge in [-0.1, -0.05) is 6.92 Å². The van der Waals surface area contributed by atoms with Gasteiger partial charge in [0.25, 0.3) is 0 Å². The van der Waals surface area contributed by atoms with E-state index in [1.807, 2.05) is 6.92 Å². The Labute approximate surface area is 111 Å². The molecule has 3 nitrogen and oxygen atoms in total. The normalized spacial score (nSPS) is 13.3. The maximum atomic E-state index is 12.4. The van der Waals surface area contributed by atoms with Crippen molar-refractivity contribution >= 4 is 0 Å². The molecular weight excluding hydrogens is 257 g/mol. The predicted molar refractivity (Wildman–Crippen MR) is 67.1 cm³/mol. The van der Waals surface area contributed by atoms with Crippen molar-refractivity contribution in [3.8, 4) is 5.75 Å². The number of aromatic nitrogens is 1. The van der Waals surface area contributed by atoms with E-state index < -0.39 is 12.6 Å². The first-order valence-electron chi connectivity index (χ1n) is 6.26. The van der Waals surface area contributed by atoms with E-state index in [-0.39, 0.29) is 12.5 Å². The van der Waals surface area contributed by atoms with Crippen LogP contribution >= 0.6 is 0 Å². The molecule has 108 valence electrons. The number of hydrogen-bond acceptors (Lipinski definition) is 3. The lowest BCUT2D eigenvalue weighted by atomic mass is 10.0. The fourth-order valence-electron chi connectivity index (χ4n) is 1.84. The second-order valence-electron chi connectivity index (χ2n) is 4.28. The van der Waals surface area contributed by atoms with Gasteiger partial charge in [0.2, 0.25) is 0 Å². The molecule has 0 aliphatic heterocycles. The maximum absolute atomic E-state index is 12.4. The topological polar surface area (TPSA) is 34.2 Å². The summed E-state index contributed by atoms with van der Waals surface area (Å²) >= 11 is 0. The van der Waals surface area contributed by atoms with E-state index in [1.165, 1.54) is 13.3 Å². The van der Waals surface area contributed by atoms with Crippen LogP contribution in [0.15, 0.2) is 18.5 Å². The summed E-state index contributed by atoms with van der Waals surface area (Å²) in [5.41, 5.74) is 0.718. The van der Waals surface area contributed by atoms with E-state index in [0.717, 1.165) is 12.0 Å². The number of methoxy groups -OCH3 is 1. The minimum Gasteiger partial charge on any atom is -0.495 e. The Morgan fingerprint density at radius 1 is 1.42 bits per heavy atom. The molecule has 6 heteroatoms. The van der Waals surface area contributed by atoms with Crippen LogP contribution in [0.5, 0.6) is 5.75 Å². The van der Waals surface area contributed by atoms with E-state index in [1.54, 1.807) is 12.3 Å². The number of rotatable bonds is 7. The molecule has 0 saturated heterocycles. The van der Waals surface area contributed by atoms with E-state index in [4.69, 9.17) is 4.74 Å². The van der Waals surface area contributed by atoms with Crippen LogP contribution in [0, 0.1) is 0 Å². The highest BCUT2D eigenvalue weighted by Crippen LogP contribution is 2.31. The Balaban J connectivity index is 2.82. The highest BCUT2D eigenvalue weighted by atomic mass is 19.4. The molecule has 1 aromatic rings. The van der Waals surface area contributed by atoms with Gasteiger partial charge in [0.1, 0.15) is 5.75 Å². The van der Waals surface area contributed by atoms with Gasteiger partial charge in [-0.15, -0.1) is 0 Å². The number of nitrogens with zero attached hydrogens (tertiary/aromatic N) is 1. The zero-order chi connectivity index (χ0) is 14.3. The average molecular weight is 276 g/mol. The van der Waals surface area contributed by atoms with Crippen LogP contribution in [0.2, 0.25) is 0 Å². The van der Waals surface area contributed by atoms with E-state index in [0.29, 0.717) is 12.3 Å². The van der Waals surface area contributed by atoms with Gasteiger partial charge in [-0.2, -0.15) is 13.2 Å². The van der Waals surface area contributed by atoms with Crippen LogP contribution in [0.25, 0.3) is 0 Å². The molecule has 1 heterocycles. The third-order valence-electron chi connectivity index (χ3n) is 2.77. The molecule has 0 amide bonds. The van der Waals surface area contributed by atoms with Crippen molar-refractivity contribution in [3.63, 3.8) is 0 Å². The van der Waals surface area contributed by atoms with Crippen LogP contribution in [0.3, 0.4) is 0 Å². The summed E-state index contributed by atoms with van der Waals surface area (Å²) in [4.78, 5) is 3.91. The number of ether oxygens (including phenoxy) is 1. The van der Waals surface area contributed by atoms with Gasteiger partial charge >= 0.3 is 6.18 Å². The average Bonchev–Trinajstić information content (AvgIpc) is 2.38. The molecule has 0 aromatic carbocycles. The van der Waals surface area contributed by atoms with Crippen LogP contribution in [-0.2, 0) is 0 Å². The Kier molecular flexibility index (Phi) is 6.08. The summed E-state index contributed by atoms with van der Waals surface area (Å²) in [6, 6.07) is 1.32. The summed E-state index contributed by atoms with van der Waals surface area (Å²) in [7, 11) is 1.49. The predicted octanol–water partition coefficient (Wildman–Crippen LogP) is 3.47. The summed E-state index contributed by atoms with van der Waals surface area (Å²) in [5, 5.41) is 3.13. The number of nitrogens with one attached hydrogen (secondary N) is 1. The van der Waals surface area contributed by atoms with Crippen molar-refractivity contribution in [1.82, 2.24) is 10.3 Å². The van der Waals surface area contributed by atoms with Gasteiger partial charge in [0.05, 0.1) is 13.3 Å².